The lowest BCUT2D eigenvalue weighted by Crippen LogP contribution is -2.50. The molecular weight excluding hydrogens is 327 g/mol. The van der Waals surface area contributed by atoms with E-state index in [1.165, 1.54) is 12.1 Å². The van der Waals surface area contributed by atoms with E-state index in [1.807, 2.05) is 0 Å². The lowest BCUT2D eigenvalue weighted by atomic mass is 9.88. The Morgan fingerprint density at radius 3 is 2.92 bits per heavy atom. The summed E-state index contributed by atoms with van der Waals surface area (Å²) in [5.41, 5.74) is -1.02. The second-order valence-electron chi connectivity index (χ2n) is 6.37. The molecule has 0 aromatic heterocycles. The van der Waals surface area contributed by atoms with E-state index in [9.17, 15) is 19.1 Å². The summed E-state index contributed by atoms with van der Waals surface area (Å²) < 4.78 is 18.5. The number of nitrogens with one attached hydrogen (secondary N) is 1. The molecule has 0 radical (unpaired) electrons. The van der Waals surface area contributed by atoms with E-state index in [0.29, 0.717) is 31.6 Å². The van der Waals surface area contributed by atoms with E-state index in [1.54, 1.807) is 24.1 Å². The zero-order chi connectivity index (χ0) is 18.3. The molecule has 0 spiro atoms. The first-order valence-electron chi connectivity index (χ1n) is 8.51. The molecule has 0 aliphatic carbocycles. The van der Waals surface area contributed by atoms with Gasteiger partial charge in [-0.05, 0) is 31.4 Å². The fourth-order valence-electron chi connectivity index (χ4n) is 2.97. The number of benzene rings is 1. The Morgan fingerprint density at radius 2 is 2.20 bits per heavy atom. The van der Waals surface area contributed by atoms with E-state index in [0.717, 1.165) is 0 Å². The highest BCUT2D eigenvalue weighted by Gasteiger charge is 2.35. The zero-order valence-corrected chi connectivity index (χ0v) is 14.5. The Kier molecular flexibility index (Phi) is 6.75. The van der Waals surface area contributed by atoms with Crippen LogP contribution in [0.1, 0.15) is 32.1 Å². The van der Waals surface area contributed by atoms with Gasteiger partial charge in [0.1, 0.15) is 11.6 Å². The minimum Gasteiger partial charge on any atom is -0.493 e. The molecule has 25 heavy (non-hydrogen) atoms. The third-order valence-corrected chi connectivity index (χ3v) is 4.39. The smallest absolute Gasteiger partial charge is 0.226 e. The molecule has 0 bridgehead atoms. The van der Waals surface area contributed by atoms with Crippen LogP contribution >= 0.6 is 0 Å². The monoisotopic (exact) mass is 352 g/mol. The second kappa shape index (κ2) is 8.80. The number of carbonyl (C=O) groups is 2. The van der Waals surface area contributed by atoms with Crippen LogP contribution in [0.3, 0.4) is 0 Å². The van der Waals surface area contributed by atoms with Crippen molar-refractivity contribution in [3.63, 3.8) is 0 Å². The van der Waals surface area contributed by atoms with Crippen LogP contribution in [0.4, 0.5) is 4.39 Å². The Hall–Kier alpha value is -2.15. The normalized spacial score (nSPS) is 20.2. The maximum Gasteiger partial charge on any atom is 0.226 e. The van der Waals surface area contributed by atoms with Crippen LogP contribution in [0, 0.1) is 5.82 Å². The maximum absolute atomic E-state index is 13.1. The number of hydrogen-bond donors (Lipinski definition) is 2. The SMILES string of the molecule is CNC(=O)CC[C@@]1(O)CCCN(C(=O)CCOc2cccc(F)c2)C1. The topological polar surface area (TPSA) is 78.9 Å². The van der Waals surface area contributed by atoms with Gasteiger partial charge >= 0.3 is 0 Å². The molecule has 2 rings (SSSR count). The Morgan fingerprint density at radius 1 is 1.40 bits per heavy atom. The van der Waals surface area contributed by atoms with Gasteiger partial charge in [0.05, 0.1) is 18.6 Å². The van der Waals surface area contributed by atoms with Crippen molar-refractivity contribution in [3.8, 4) is 5.75 Å². The number of likely N-dealkylation sites (tertiary alicyclic amines) is 1. The van der Waals surface area contributed by atoms with Crippen molar-refractivity contribution in [2.75, 3.05) is 26.7 Å². The van der Waals surface area contributed by atoms with Crippen LogP contribution in [0.15, 0.2) is 24.3 Å². The van der Waals surface area contributed by atoms with Crippen molar-refractivity contribution in [1.82, 2.24) is 10.2 Å². The molecule has 1 atom stereocenters. The molecule has 1 saturated heterocycles. The number of piperidine rings is 1. The lowest BCUT2D eigenvalue weighted by Gasteiger charge is -2.39. The number of aliphatic hydroxyl groups is 1. The van der Waals surface area contributed by atoms with Crippen LogP contribution in [0.2, 0.25) is 0 Å². The van der Waals surface area contributed by atoms with Gasteiger partial charge in [-0.3, -0.25) is 9.59 Å². The number of ether oxygens (including phenoxy) is 1. The maximum atomic E-state index is 13.1. The zero-order valence-electron chi connectivity index (χ0n) is 14.5. The molecule has 2 N–H and O–H groups in total. The van der Waals surface area contributed by atoms with Gasteiger partial charge in [-0.25, -0.2) is 4.39 Å². The Balaban J connectivity index is 1.79. The summed E-state index contributed by atoms with van der Waals surface area (Å²) in [6.07, 6.45) is 1.99. The van der Waals surface area contributed by atoms with Crippen molar-refractivity contribution in [3.05, 3.63) is 30.1 Å². The van der Waals surface area contributed by atoms with E-state index < -0.39 is 5.60 Å². The van der Waals surface area contributed by atoms with Gasteiger partial charge in [-0.1, -0.05) is 6.07 Å². The summed E-state index contributed by atoms with van der Waals surface area (Å²) in [7, 11) is 1.56. The van der Waals surface area contributed by atoms with Gasteiger partial charge in [-0.2, -0.15) is 0 Å². The minimum atomic E-state index is -1.02. The highest BCUT2D eigenvalue weighted by Crippen LogP contribution is 2.26. The van der Waals surface area contributed by atoms with E-state index in [-0.39, 0.29) is 43.6 Å². The predicted molar refractivity (Wildman–Crippen MR) is 90.6 cm³/mol. The molecule has 1 aliphatic heterocycles. The first-order valence-corrected chi connectivity index (χ1v) is 8.51. The number of nitrogens with zero attached hydrogens (tertiary/aromatic N) is 1. The fraction of sp³-hybridized carbons (Fsp3) is 0.556. The highest BCUT2D eigenvalue weighted by atomic mass is 19.1. The largest absolute Gasteiger partial charge is 0.493 e. The van der Waals surface area contributed by atoms with Crippen molar-refractivity contribution in [2.45, 2.75) is 37.7 Å². The summed E-state index contributed by atoms with van der Waals surface area (Å²) in [5, 5.41) is 13.2. The van der Waals surface area contributed by atoms with Crippen molar-refractivity contribution in [2.24, 2.45) is 0 Å². The summed E-state index contributed by atoms with van der Waals surface area (Å²) in [6, 6.07) is 5.77. The summed E-state index contributed by atoms with van der Waals surface area (Å²) in [6.45, 7) is 0.958. The number of hydrogen-bond acceptors (Lipinski definition) is 4. The molecule has 1 aromatic rings. The molecule has 1 aliphatic rings. The third kappa shape index (κ3) is 6.01. The molecule has 0 saturated carbocycles. The second-order valence-corrected chi connectivity index (χ2v) is 6.37. The minimum absolute atomic E-state index is 0.116. The van der Waals surface area contributed by atoms with Gasteiger partial charge in [0.2, 0.25) is 11.8 Å². The van der Waals surface area contributed by atoms with Gasteiger partial charge in [-0.15, -0.1) is 0 Å². The third-order valence-electron chi connectivity index (χ3n) is 4.39. The van der Waals surface area contributed by atoms with Crippen LogP contribution < -0.4 is 10.1 Å². The van der Waals surface area contributed by atoms with Crippen LogP contribution in [-0.2, 0) is 9.59 Å². The lowest BCUT2D eigenvalue weighted by molar-refractivity contribution is -0.139. The molecule has 1 fully saturated rings. The first-order chi connectivity index (χ1) is 11.9. The molecule has 1 aromatic carbocycles. The van der Waals surface area contributed by atoms with E-state index in [4.69, 9.17) is 4.74 Å². The van der Waals surface area contributed by atoms with Crippen LogP contribution in [0.25, 0.3) is 0 Å². The quantitative estimate of drug-likeness (QED) is 0.779. The van der Waals surface area contributed by atoms with Gasteiger partial charge < -0.3 is 20.1 Å². The number of amides is 2. The van der Waals surface area contributed by atoms with Gasteiger partial charge in [0.15, 0.2) is 0 Å². The molecule has 2 amide bonds. The number of β-amino-alcohol motifs (C(OH)–C–C–N with tert-alkyl or cyclic N) is 1. The van der Waals surface area contributed by atoms with Crippen molar-refractivity contribution < 1.29 is 23.8 Å². The summed E-state index contributed by atoms with van der Waals surface area (Å²) in [5.74, 6) is -0.246. The van der Waals surface area contributed by atoms with Crippen molar-refractivity contribution in [1.29, 1.82) is 0 Å². The molecular formula is C18H25FN2O4. The standard InChI is InChI=1S/C18H25FN2O4/c1-20-16(22)6-9-18(24)8-3-10-21(13-18)17(23)7-11-25-15-5-2-4-14(19)12-15/h2,4-5,12,24H,3,6-11,13H2,1H3,(H,20,22)/t18-/m0/s1. The van der Waals surface area contributed by atoms with Crippen molar-refractivity contribution >= 4 is 11.8 Å². The predicted octanol–water partition coefficient (Wildman–Crippen LogP) is 1.47. The Labute approximate surface area is 147 Å². The van der Waals surface area contributed by atoms with Crippen LogP contribution in [0.5, 0.6) is 5.75 Å². The molecule has 6 nitrogen and oxygen atoms in total. The number of rotatable bonds is 7. The summed E-state index contributed by atoms with van der Waals surface area (Å²) >= 11 is 0. The Bertz CT molecular complexity index is 610. The van der Waals surface area contributed by atoms with Gasteiger partial charge in [0.25, 0.3) is 0 Å². The highest BCUT2D eigenvalue weighted by molar-refractivity contribution is 5.77. The molecule has 1 heterocycles. The average Bonchev–Trinajstić information content (AvgIpc) is 2.59. The molecule has 7 heteroatoms. The number of carbonyl (C=O) groups excluding carboxylic acids is 2. The molecule has 0 unspecified atom stereocenters. The summed E-state index contributed by atoms with van der Waals surface area (Å²) in [4.78, 5) is 25.3. The first kappa shape index (κ1) is 19.2. The fourth-order valence-corrected chi connectivity index (χ4v) is 2.97. The van der Waals surface area contributed by atoms with E-state index in [2.05, 4.69) is 5.32 Å². The van der Waals surface area contributed by atoms with Gasteiger partial charge in [0, 0.05) is 32.6 Å². The van der Waals surface area contributed by atoms with E-state index >= 15 is 0 Å². The van der Waals surface area contributed by atoms with Crippen LogP contribution in [-0.4, -0.2) is 54.2 Å². The average molecular weight is 352 g/mol. The number of halogens is 1. The molecule has 138 valence electrons.